The number of thioether (sulfide) groups is 1. The van der Waals surface area contributed by atoms with Crippen LogP contribution in [-0.2, 0) is 0 Å². The molecule has 15 heavy (non-hydrogen) atoms. The van der Waals surface area contributed by atoms with Crippen molar-refractivity contribution >= 4 is 16.9 Å². The van der Waals surface area contributed by atoms with E-state index in [-0.39, 0.29) is 0 Å². The van der Waals surface area contributed by atoms with Gasteiger partial charge in [0.05, 0.1) is 0 Å². The normalized spacial score (nSPS) is 28.8. The van der Waals surface area contributed by atoms with Crippen LogP contribution in [0.1, 0.15) is 39.5 Å². The number of nitrogens with one attached hydrogen (secondary N) is 1. The molecule has 3 nitrogen and oxygen atoms in total. The molecule has 0 spiro atoms. The van der Waals surface area contributed by atoms with Crippen LogP contribution in [0.3, 0.4) is 0 Å². The first-order chi connectivity index (χ1) is 7.22. The molecule has 0 bridgehead atoms. The van der Waals surface area contributed by atoms with Crippen LogP contribution in [0.5, 0.6) is 0 Å². The summed E-state index contributed by atoms with van der Waals surface area (Å²) >= 11 is 1.71. The summed E-state index contributed by atoms with van der Waals surface area (Å²) in [6, 6.07) is 0.647. The Bertz CT molecular complexity index is 206. The van der Waals surface area contributed by atoms with Crippen molar-refractivity contribution in [3.05, 3.63) is 0 Å². The van der Waals surface area contributed by atoms with E-state index in [2.05, 4.69) is 24.2 Å². The number of amidine groups is 1. The zero-order chi connectivity index (χ0) is 11.1. The van der Waals surface area contributed by atoms with Gasteiger partial charge in [0.2, 0.25) is 0 Å². The zero-order valence-corrected chi connectivity index (χ0v) is 10.6. The van der Waals surface area contributed by atoms with Crippen LogP contribution >= 0.6 is 11.8 Å². The molecule has 0 saturated carbocycles. The third kappa shape index (κ3) is 5.42. The lowest BCUT2D eigenvalue weighted by molar-refractivity contribution is 0.445. The van der Waals surface area contributed by atoms with Crippen molar-refractivity contribution in [1.29, 1.82) is 0 Å². The average molecular weight is 229 g/mol. The second-order valence-electron chi connectivity index (χ2n) is 4.18. The number of aliphatic imine (C=N–C) groups is 1. The Morgan fingerprint density at radius 1 is 1.60 bits per heavy atom. The van der Waals surface area contributed by atoms with Crippen molar-refractivity contribution in [2.75, 3.05) is 13.1 Å². The molecule has 0 fully saturated rings. The van der Waals surface area contributed by atoms with Gasteiger partial charge >= 0.3 is 0 Å². The molecule has 1 heterocycles. The van der Waals surface area contributed by atoms with Crippen molar-refractivity contribution in [2.24, 2.45) is 10.7 Å². The van der Waals surface area contributed by atoms with Gasteiger partial charge in [-0.25, -0.2) is 0 Å². The number of rotatable bonds is 3. The van der Waals surface area contributed by atoms with Crippen LogP contribution in [0.4, 0.5) is 0 Å². The molecule has 0 aliphatic carbocycles. The van der Waals surface area contributed by atoms with Gasteiger partial charge in [0, 0.05) is 17.8 Å². The van der Waals surface area contributed by atoms with Gasteiger partial charge < -0.3 is 11.1 Å². The summed E-state index contributed by atoms with van der Waals surface area (Å²) in [4.78, 5) is 4.34. The molecule has 0 saturated heterocycles. The Kier molecular flexibility index (Phi) is 6.10. The Morgan fingerprint density at radius 2 is 2.40 bits per heavy atom. The third-order valence-electron chi connectivity index (χ3n) is 2.60. The van der Waals surface area contributed by atoms with Gasteiger partial charge in [-0.2, -0.15) is 0 Å². The lowest BCUT2D eigenvalue weighted by atomic mass is 10.1. The molecule has 2 atom stereocenters. The van der Waals surface area contributed by atoms with Gasteiger partial charge in [0.15, 0.2) is 5.17 Å². The van der Waals surface area contributed by atoms with Crippen molar-refractivity contribution in [3.63, 3.8) is 0 Å². The Balaban J connectivity index is 2.41. The quantitative estimate of drug-likeness (QED) is 0.778. The summed E-state index contributed by atoms with van der Waals surface area (Å²) in [7, 11) is 0. The van der Waals surface area contributed by atoms with Crippen LogP contribution in [0.15, 0.2) is 4.99 Å². The molecule has 88 valence electrons. The maximum absolute atomic E-state index is 5.80. The highest BCUT2D eigenvalue weighted by atomic mass is 32.2. The van der Waals surface area contributed by atoms with Crippen LogP contribution in [0.2, 0.25) is 0 Å². The fourth-order valence-electron chi connectivity index (χ4n) is 1.87. The van der Waals surface area contributed by atoms with Gasteiger partial charge in [-0.1, -0.05) is 25.6 Å². The van der Waals surface area contributed by atoms with Gasteiger partial charge in [-0.15, -0.1) is 0 Å². The molecule has 1 aliphatic heterocycles. The molecule has 2 unspecified atom stereocenters. The van der Waals surface area contributed by atoms with Gasteiger partial charge in [0.25, 0.3) is 0 Å². The average Bonchev–Trinajstić information content (AvgIpc) is 2.26. The minimum absolute atomic E-state index is 0.571. The fourth-order valence-corrected chi connectivity index (χ4v) is 2.78. The lowest BCUT2D eigenvalue weighted by Gasteiger charge is -2.20. The van der Waals surface area contributed by atoms with Gasteiger partial charge in [-0.3, -0.25) is 4.99 Å². The molecule has 3 N–H and O–H groups in total. The SMILES string of the molecule is CCCNC1CCCN=C(N)SC(C)C1. The topological polar surface area (TPSA) is 50.4 Å². The van der Waals surface area contributed by atoms with E-state index in [0.717, 1.165) is 24.7 Å². The first kappa shape index (κ1) is 12.8. The second kappa shape index (κ2) is 7.12. The Hall–Kier alpha value is -0.220. The number of hydrogen-bond donors (Lipinski definition) is 2. The maximum atomic E-state index is 5.80. The summed E-state index contributed by atoms with van der Waals surface area (Å²) in [5.41, 5.74) is 5.80. The van der Waals surface area contributed by atoms with E-state index >= 15 is 0 Å². The van der Waals surface area contributed by atoms with Crippen molar-refractivity contribution in [1.82, 2.24) is 5.32 Å². The van der Waals surface area contributed by atoms with Crippen LogP contribution in [0, 0.1) is 0 Å². The van der Waals surface area contributed by atoms with E-state index in [1.54, 1.807) is 11.8 Å². The molecule has 0 aromatic carbocycles. The van der Waals surface area contributed by atoms with E-state index in [9.17, 15) is 0 Å². The van der Waals surface area contributed by atoms with Crippen LogP contribution in [0.25, 0.3) is 0 Å². The van der Waals surface area contributed by atoms with Crippen molar-refractivity contribution < 1.29 is 0 Å². The highest BCUT2D eigenvalue weighted by Crippen LogP contribution is 2.19. The van der Waals surface area contributed by atoms with Crippen LogP contribution < -0.4 is 11.1 Å². The lowest BCUT2D eigenvalue weighted by Crippen LogP contribution is -2.32. The van der Waals surface area contributed by atoms with E-state index in [0.29, 0.717) is 11.3 Å². The third-order valence-corrected chi connectivity index (χ3v) is 3.57. The molecule has 0 aromatic rings. The van der Waals surface area contributed by atoms with Gasteiger partial charge in [-0.05, 0) is 32.2 Å². The van der Waals surface area contributed by atoms with E-state index < -0.39 is 0 Å². The summed E-state index contributed by atoms with van der Waals surface area (Å²) < 4.78 is 0. The standard InChI is InChI=1S/C11H23N3S/c1-3-6-13-10-5-4-7-14-11(12)15-9(2)8-10/h9-10,13H,3-8H2,1-2H3,(H2,12,14). The molecular weight excluding hydrogens is 206 g/mol. The second-order valence-corrected chi connectivity index (χ2v) is 5.64. The molecule has 0 aromatic heterocycles. The van der Waals surface area contributed by atoms with Crippen molar-refractivity contribution in [3.8, 4) is 0 Å². The molecule has 1 rings (SSSR count). The molecule has 0 radical (unpaired) electrons. The van der Waals surface area contributed by atoms with E-state index in [4.69, 9.17) is 5.73 Å². The zero-order valence-electron chi connectivity index (χ0n) is 9.83. The first-order valence-electron chi connectivity index (χ1n) is 5.92. The predicted molar refractivity (Wildman–Crippen MR) is 69.5 cm³/mol. The highest BCUT2D eigenvalue weighted by molar-refractivity contribution is 8.14. The minimum atomic E-state index is 0.571. The summed E-state index contributed by atoms with van der Waals surface area (Å²) in [6.07, 6.45) is 4.77. The summed E-state index contributed by atoms with van der Waals surface area (Å²) in [5.74, 6) is 0. The van der Waals surface area contributed by atoms with E-state index in [1.807, 2.05) is 0 Å². The Morgan fingerprint density at radius 3 is 3.13 bits per heavy atom. The monoisotopic (exact) mass is 229 g/mol. The predicted octanol–water partition coefficient (Wildman–Crippen LogP) is 1.97. The Labute approximate surface area is 97.3 Å². The van der Waals surface area contributed by atoms with E-state index in [1.165, 1.54) is 19.3 Å². The fraction of sp³-hybridized carbons (Fsp3) is 0.909. The number of nitrogens with two attached hydrogens (primary N) is 1. The molecule has 0 amide bonds. The number of nitrogens with zero attached hydrogens (tertiary/aromatic N) is 1. The molecule has 4 heteroatoms. The summed E-state index contributed by atoms with van der Waals surface area (Å²) in [5, 5.41) is 4.94. The molecule has 1 aliphatic rings. The van der Waals surface area contributed by atoms with Gasteiger partial charge in [0.1, 0.15) is 0 Å². The molecular formula is C11H23N3S. The smallest absolute Gasteiger partial charge is 0.154 e. The largest absolute Gasteiger partial charge is 0.379 e. The highest BCUT2D eigenvalue weighted by Gasteiger charge is 2.15. The minimum Gasteiger partial charge on any atom is -0.379 e. The van der Waals surface area contributed by atoms with Crippen LogP contribution in [-0.4, -0.2) is 29.5 Å². The number of hydrogen-bond acceptors (Lipinski definition) is 4. The first-order valence-corrected chi connectivity index (χ1v) is 6.80. The maximum Gasteiger partial charge on any atom is 0.154 e. The summed E-state index contributed by atoms with van der Waals surface area (Å²) in [6.45, 7) is 6.45. The van der Waals surface area contributed by atoms with Crippen molar-refractivity contribution in [2.45, 2.75) is 50.8 Å².